The molecule has 3 fully saturated rings. The van der Waals surface area contributed by atoms with Crippen LogP contribution in [0.1, 0.15) is 97.3 Å². The van der Waals surface area contributed by atoms with E-state index in [1.54, 1.807) is 0 Å². The van der Waals surface area contributed by atoms with Crippen LogP contribution in [-0.4, -0.2) is 80.9 Å². The molecule has 37 heavy (non-hydrogen) atoms. The largest absolute Gasteiger partial charge is 0.481 e. The van der Waals surface area contributed by atoms with Gasteiger partial charge in [-0.3, -0.25) is 10.1 Å². The molecule has 0 aromatic carbocycles. The standard InChI is InChI=1S/C27H52N4O4S2/c1-19-23(32)11-10-21(30-19)9-7-5-3-4-6-8-20-12-27(35,15-25(33)34)18-29-26(2)13-22(17-37-36-16-20)31-24(28)14-26/h19-24,29-32,35H,3-18,28H2,1-2H3,(H,33,34). The average Bonchev–Trinajstić information content (AvgIpc) is 2.80. The number of carbonyl (C=O) groups is 1. The Morgan fingerprint density at radius 1 is 1.00 bits per heavy atom. The van der Waals surface area contributed by atoms with Gasteiger partial charge in [-0.25, -0.2) is 0 Å². The van der Waals surface area contributed by atoms with Crippen molar-refractivity contribution in [2.45, 2.75) is 139 Å². The minimum atomic E-state index is -1.26. The van der Waals surface area contributed by atoms with Crippen molar-refractivity contribution in [1.82, 2.24) is 16.0 Å². The summed E-state index contributed by atoms with van der Waals surface area (Å²) >= 11 is 0. The zero-order valence-electron chi connectivity index (χ0n) is 22.9. The molecule has 8 N–H and O–H groups in total. The number of aliphatic hydroxyl groups is 2. The van der Waals surface area contributed by atoms with Crippen LogP contribution in [-0.2, 0) is 4.79 Å². The molecule has 8 nitrogen and oxygen atoms in total. The van der Waals surface area contributed by atoms with Crippen LogP contribution in [0.5, 0.6) is 0 Å². The molecule has 8 atom stereocenters. The maximum Gasteiger partial charge on any atom is 0.306 e. The first-order valence-electron chi connectivity index (χ1n) is 14.5. The summed E-state index contributed by atoms with van der Waals surface area (Å²) in [7, 11) is 3.73. The fraction of sp³-hybridized carbons (Fsp3) is 0.963. The van der Waals surface area contributed by atoms with Gasteiger partial charge in [-0.1, -0.05) is 53.7 Å². The Balaban J connectivity index is 1.45. The number of carboxylic acid groups (broad SMARTS) is 1. The van der Waals surface area contributed by atoms with Crippen LogP contribution in [0.2, 0.25) is 0 Å². The van der Waals surface area contributed by atoms with Gasteiger partial charge in [-0.15, -0.1) is 0 Å². The Hall–Kier alpha value is -0.0700. The second-order valence-electron chi connectivity index (χ2n) is 12.4. The summed E-state index contributed by atoms with van der Waals surface area (Å²) in [5.74, 6) is 1.28. The van der Waals surface area contributed by atoms with E-state index in [1.807, 2.05) is 21.6 Å². The Morgan fingerprint density at radius 2 is 1.70 bits per heavy atom. The van der Waals surface area contributed by atoms with Crippen LogP contribution >= 0.6 is 21.6 Å². The molecular formula is C27H52N4O4S2. The summed E-state index contributed by atoms with van der Waals surface area (Å²) in [6.45, 7) is 4.51. The van der Waals surface area contributed by atoms with E-state index in [-0.39, 0.29) is 36.8 Å². The number of hydrogen-bond acceptors (Lipinski definition) is 9. The number of β-amino-alcohol motifs (C(OH)–C–C–N with tert-alkyl or cyclic N) is 1. The summed E-state index contributed by atoms with van der Waals surface area (Å²) in [5.41, 5.74) is 4.80. The second-order valence-corrected chi connectivity index (χ2v) is 14.9. The molecule has 3 rings (SSSR count). The van der Waals surface area contributed by atoms with Gasteiger partial charge in [0.1, 0.15) is 0 Å². The van der Waals surface area contributed by atoms with Crippen LogP contribution in [0.15, 0.2) is 0 Å². The predicted octanol–water partition coefficient (Wildman–Crippen LogP) is 3.21. The Labute approximate surface area is 231 Å². The van der Waals surface area contributed by atoms with E-state index in [4.69, 9.17) is 5.73 Å². The maximum atomic E-state index is 11.7. The minimum absolute atomic E-state index is 0.0968. The van der Waals surface area contributed by atoms with E-state index in [2.05, 4.69) is 29.8 Å². The fourth-order valence-electron chi connectivity index (χ4n) is 6.48. The lowest BCUT2D eigenvalue weighted by Gasteiger charge is -2.45. The zero-order valence-corrected chi connectivity index (χ0v) is 24.6. The van der Waals surface area contributed by atoms with Gasteiger partial charge in [0.25, 0.3) is 0 Å². The van der Waals surface area contributed by atoms with Crippen molar-refractivity contribution >= 4 is 27.6 Å². The van der Waals surface area contributed by atoms with Crippen molar-refractivity contribution in [3.63, 3.8) is 0 Å². The molecule has 3 saturated heterocycles. The highest BCUT2D eigenvalue weighted by Gasteiger charge is 2.40. The number of nitrogens with one attached hydrogen (secondary N) is 3. The molecule has 216 valence electrons. The highest BCUT2D eigenvalue weighted by molar-refractivity contribution is 8.76. The average molecular weight is 561 g/mol. The molecule has 3 aliphatic rings. The van der Waals surface area contributed by atoms with Crippen molar-refractivity contribution in [3.05, 3.63) is 0 Å². The van der Waals surface area contributed by atoms with Crippen molar-refractivity contribution in [2.75, 3.05) is 18.1 Å². The molecule has 8 unspecified atom stereocenters. The van der Waals surface area contributed by atoms with Gasteiger partial charge in [0.2, 0.25) is 0 Å². The Kier molecular flexibility index (Phi) is 12.8. The van der Waals surface area contributed by atoms with Crippen molar-refractivity contribution in [1.29, 1.82) is 0 Å². The lowest BCUT2D eigenvalue weighted by atomic mass is 9.82. The molecular weight excluding hydrogens is 508 g/mol. The highest BCUT2D eigenvalue weighted by Crippen LogP contribution is 2.36. The number of piperidine rings is 2. The number of aliphatic carboxylic acids is 1. The molecule has 0 saturated carbocycles. The van der Waals surface area contributed by atoms with Gasteiger partial charge in [-0.05, 0) is 64.7 Å². The smallest absolute Gasteiger partial charge is 0.306 e. The summed E-state index contributed by atoms with van der Waals surface area (Å²) in [4.78, 5) is 11.7. The Morgan fingerprint density at radius 3 is 2.43 bits per heavy atom. The van der Waals surface area contributed by atoms with E-state index in [1.165, 1.54) is 32.1 Å². The molecule has 2 bridgehead atoms. The topological polar surface area (TPSA) is 140 Å². The molecule has 0 aromatic rings. The number of rotatable bonds is 10. The highest BCUT2D eigenvalue weighted by atomic mass is 33.1. The van der Waals surface area contributed by atoms with Gasteiger partial charge in [0.15, 0.2) is 0 Å². The number of fused-ring (bicyclic) bond motifs is 2. The summed E-state index contributed by atoms with van der Waals surface area (Å²) in [6, 6.07) is 1.05. The molecule has 3 aliphatic heterocycles. The van der Waals surface area contributed by atoms with E-state index in [0.29, 0.717) is 24.4 Å². The normalized spacial score (nSPS) is 39.9. The van der Waals surface area contributed by atoms with Crippen LogP contribution in [0.3, 0.4) is 0 Å². The van der Waals surface area contributed by atoms with Gasteiger partial charge >= 0.3 is 5.97 Å². The third-order valence-corrected chi connectivity index (χ3v) is 11.1. The SMILES string of the molecule is CC1NC(CCCCCCCC2CSSCC3CC(C)(CC(N)N3)NCC(O)(CC(=O)O)C2)CCC1O. The van der Waals surface area contributed by atoms with E-state index < -0.39 is 11.6 Å². The second kappa shape index (κ2) is 15.1. The van der Waals surface area contributed by atoms with E-state index in [0.717, 1.165) is 50.0 Å². The van der Waals surface area contributed by atoms with Gasteiger partial charge in [-0.2, -0.15) is 0 Å². The molecule has 0 spiro atoms. The van der Waals surface area contributed by atoms with Crippen molar-refractivity contribution in [3.8, 4) is 0 Å². The molecule has 0 radical (unpaired) electrons. The molecule has 0 amide bonds. The van der Waals surface area contributed by atoms with Crippen molar-refractivity contribution in [2.24, 2.45) is 11.7 Å². The van der Waals surface area contributed by atoms with E-state index in [9.17, 15) is 20.1 Å². The van der Waals surface area contributed by atoms with Crippen molar-refractivity contribution < 1.29 is 20.1 Å². The monoisotopic (exact) mass is 560 g/mol. The molecule has 10 heteroatoms. The number of hydrogen-bond donors (Lipinski definition) is 7. The number of nitrogens with two attached hydrogens (primary N) is 1. The molecule has 3 heterocycles. The first-order valence-corrected chi connectivity index (χ1v) is 16.9. The summed E-state index contributed by atoms with van der Waals surface area (Å²) in [6.07, 6.45) is 11.8. The quantitative estimate of drug-likeness (QED) is 0.157. The maximum absolute atomic E-state index is 11.7. The number of carboxylic acids is 1. The Bertz CT molecular complexity index is 707. The summed E-state index contributed by atoms with van der Waals surface area (Å²) in [5, 5.41) is 41.5. The number of aliphatic hydroxyl groups excluding tert-OH is 1. The van der Waals surface area contributed by atoms with Crippen LogP contribution in [0.25, 0.3) is 0 Å². The number of unbranched alkanes of at least 4 members (excludes halogenated alkanes) is 4. The first-order chi connectivity index (χ1) is 17.6. The minimum Gasteiger partial charge on any atom is -0.481 e. The zero-order chi connectivity index (χ0) is 26.9. The molecule has 0 aliphatic carbocycles. The van der Waals surface area contributed by atoms with E-state index >= 15 is 0 Å². The summed E-state index contributed by atoms with van der Waals surface area (Å²) < 4.78 is 0. The van der Waals surface area contributed by atoms with Crippen LogP contribution in [0, 0.1) is 5.92 Å². The lowest BCUT2D eigenvalue weighted by molar-refractivity contribution is -0.143. The van der Waals surface area contributed by atoms with Gasteiger partial charge in [0, 0.05) is 41.7 Å². The predicted molar refractivity (Wildman–Crippen MR) is 155 cm³/mol. The van der Waals surface area contributed by atoms with Crippen LogP contribution in [0.4, 0.5) is 0 Å². The van der Waals surface area contributed by atoms with Gasteiger partial charge in [0.05, 0.1) is 24.3 Å². The van der Waals surface area contributed by atoms with Crippen LogP contribution < -0.4 is 21.7 Å². The molecule has 0 aromatic heterocycles. The third-order valence-electron chi connectivity index (χ3n) is 8.52. The fourth-order valence-corrected chi connectivity index (χ4v) is 9.17. The lowest BCUT2D eigenvalue weighted by Crippen LogP contribution is -2.63. The van der Waals surface area contributed by atoms with Gasteiger partial charge < -0.3 is 31.7 Å². The first kappa shape index (κ1) is 31.5. The third kappa shape index (κ3) is 11.1.